The molecule has 0 atom stereocenters. The Morgan fingerprint density at radius 2 is 1.47 bits per heavy atom. The summed E-state index contributed by atoms with van der Waals surface area (Å²) in [5.74, 6) is 0.0161. The van der Waals surface area contributed by atoms with Gasteiger partial charge in [-0.2, -0.15) is 0 Å². The first-order valence-corrected chi connectivity index (χ1v) is 7.50. The molecule has 0 aliphatic heterocycles. The first-order valence-electron chi connectivity index (χ1n) is 4.28. The molecule has 0 rings (SSSR count). The highest BCUT2D eigenvalue weighted by molar-refractivity contribution is 7.72. The monoisotopic (exact) mass is 261 g/mol. The minimum atomic E-state index is -4.94. The minimum Gasteiger partial charge on any atom is -0.323 e. The van der Waals surface area contributed by atoms with Gasteiger partial charge in [-0.3, -0.25) is 14.4 Å². The minimum absolute atomic E-state index is 0.0161. The van der Waals surface area contributed by atoms with Crippen LogP contribution < -0.4 is 5.32 Å². The van der Waals surface area contributed by atoms with Gasteiger partial charge in [0.25, 0.3) is 0 Å². The van der Waals surface area contributed by atoms with E-state index in [0.717, 1.165) is 6.92 Å². The first kappa shape index (κ1) is 15.3. The van der Waals surface area contributed by atoms with E-state index in [1.165, 1.54) is 0 Å². The van der Waals surface area contributed by atoms with E-state index in [-0.39, 0.29) is 12.5 Å². The maximum Gasteiger partial charge on any atom is 0.357 e. The van der Waals surface area contributed by atoms with Crippen molar-refractivity contribution in [2.24, 2.45) is 5.92 Å². The predicted molar refractivity (Wildman–Crippen MR) is 55.3 cm³/mol. The van der Waals surface area contributed by atoms with Crippen molar-refractivity contribution in [1.29, 1.82) is 0 Å². The van der Waals surface area contributed by atoms with Crippen molar-refractivity contribution in [3.8, 4) is 0 Å². The summed E-state index contributed by atoms with van der Waals surface area (Å²) in [4.78, 5) is 35.8. The van der Waals surface area contributed by atoms with Crippen LogP contribution in [0.4, 0.5) is 0 Å². The SMILES string of the molecule is CC(C)CNC(C)(P(=O)(O)O)P(=O)(O)O. The fourth-order valence-corrected chi connectivity index (χ4v) is 2.73. The van der Waals surface area contributed by atoms with Crippen LogP contribution in [0, 0.1) is 5.92 Å². The van der Waals surface area contributed by atoms with E-state index in [1.54, 1.807) is 13.8 Å². The van der Waals surface area contributed by atoms with Gasteiger partial charge in [0.05, 0.1) is 0 Å². The van der Waals surface area contributed by atoms with E-state index in [1.807, 2.05) is 0 Å². The molecule has 0 aliphatic carbocycles. The summed E-state index contributed by atoms with van der Waals surface area (Å²) >= 11 is 0. The molecule has 0 radical (unpaired) electrons. The largest absolute Gasteiger partial charge is 0.357 e. The Bertz CT molecular complexity index is 283. The fourth-order valence-electron chi connectivity index (χ4n) is 0.773. The highest BCUT2D eigenvalue weighted by atomic mass is 31.2. The van der Waals surface area contributed by atoms with Gasteiger partial charge in [0.2, 0.25) is 5.02 Å². The summed E-state index contributed by atoms with van der Waals surface area (Å²) in [5, 5.41) is -0.260. The van der Waals surface area contributed by atoms with Gasteiger partial charge in [0.1, 0.15) is 0 Å². The highest BCUT2D eigenvalue weighted by Crippen LogP contribution is 2.67. The first-order chi connectivity index (χ1) is 6.42. The van der Waals surface area contributed by atoms with Crippen LogP contribution in [0.15, 0.2) is 0 Å². The molecular formula is C6H17NO6P2. The molecule has 0 fully saturated rings. The van der Waals surface area contributed by atoms with Crippen LogP contribution in [0.3, 0.4) is 0 Å². The maximum atomic E-state index is 11.1. The Morgan fingerprint density at radius 3 is 1.67 bits per heavy atom. The smallest absolute Gasteiger partial charge is 0.323 e. The summed E-state index contributed by atoms with van der Waals surface area (Å²) in [6, 6.07) is 0. The summed E-state index contributed by atoms with van der Waals surface area (Å²) in [5.41, 5.74) is 0. The van der Waals surface area contributed by atoms with Gasteiger partial charge in [0, 0.05) is 0 Å². The van der Waals surface area contributed by atoms with Crippen LogP contribution in [0.1, 0.15) is 20.8 Å². The molecule has 0 heterocycles. The zero-order chi connectivity index (χ0) is 12.5. The van der Waals surface area contributed by atoms with Crippen molar-refractivity contribution in [2.45, 2.75) is 25.8 Å². The third-order valence-electron chi connectivity index (χ3n) is 1.98. The van der Waals surface area contributed by atoms with Crippen molar-refractivity contribution < 1.29 is 28.7 Å². The van der Waals surface area contributed by atoms with Crippen molar-refractivity contribution in [3.63, 3.8) is 0 Å². The Balaban J connectivity index is 5.08. The number of nitrogens with one attached hydrogen (secondary N) is 1. The van der Waals surface area contributed by atoms with E-state index in [0.29, 0.717) is 0 Å². The van der Waals surface area contributed by atoms with Crippen LogP contribution in [-0.2, 0) is 9.13 Å². The second-order valence-corrected chi connectivity index (χ2v) is 8.20. The highest BCUT2D eigenvalue weighted by Gasteiger charge is 2.56. The van der Waals surface area contributed by atoms with Crippen molar-refractivity contribution in [1.82, 2.24) is 5.32 Å². The third-order valence-corrected chi connectivity index (χ3v) is 6.13. The molecule has 0 bridgehead atoms. The van der Waals surface area contributed by atoms with E-state index in [4.69, 9.17) is 19.6 Å². The predicted octanol–water partition coefficient (Wildman–Crippen LogP) is 0.261. The number of hydrogen-bond donors (Lipinski definition) is 5. The molecule has 92 valence electrons. The van der Waals surface area contributed by atoms with E-state index < -0.39 is 20.2 Å². The fraction of sp³-hybridized carbons (Fsp3) is 1.00. The van der Waals surface area contributed by atoms with Gasteiger partial charge < -0.3 is 19.6 Å². The van der Waals surface area contributed by atoms with Gasteiger partial charge in [0.15, 0.2) is 0 Å². The second-order valence-electron chi connectivity index (χ2n) is 3.88. The van der Waals surface area contributed by atoms with Crippen molar-refractivity contribution >= 4 is 15.2 Å². The van der Waals surface area contributed by atoms with Crippen LogP contribution in [0.5, 0.6) is 0 Å². The molecule has 15 heavy (non-hydrogen) atoms. The Labute approximate surface area is 88.2 Å². The lowest BCUT2D eigenvalue weighted by atomic mass is 10.2. The van der Waals surface area contributed by atoms with Crippen molar-refractivity contribution in [3.05, 3.63) is 0 Å². The lowest BCUT2D eigenvalue weighted by Crippen LogP contribution is -2.43. The summed E-state index contributed by atoms with van der Waals surface area (Å²) in [6.45, 7) is 4.45. The molecule has 0 aliphatic rings. The average Bonchev–Trinajstić information content (AvgIpc) is 1.95. The lowest BCUT2D eigenvalue weighted by Gasteiger charge is -2.32. The molecule has 7 nitrogen and oxygen atoms in total. The molecule has 0 aromatic rings. The number of rotatable bonds is 5. The summed E-state index contributed by atoms with van der Waals surface area (Å²) in [6.07, 6.45) is 0. The van der Waals surface area contributed by atoms with Gasteiger partial charge in [-0.15, -0.1) is 0 Å². The molecular weight excluding hydrogens is 244 g/mol. The van der Waals surface area contributed by atoms with Crippen molar-refractivity contribution in [2.75, 3.05) is 6.54 Å². The molecule has 0 aromatic carbocycles. The molecule has 9 heteroatoms. The van der Waals surface area contributed by atoms with Gasteiger partial charge >= 0.3 is 15.2 Å². The van der Waals surface area contributed by atoms with Crippen LogP contribution in [0.25, 0.3) is 0 Å². The Hall–Kier alpha value is 0.260. The second kappa shape index (κ2) is 4.63. The molecule has 0 amide bonds. The quantitative estimate of drug-likeness (QED) is 0.449. The van der Waals surface area contributed by atoms with E-state index in [9.17, 15) is 9.13 Å². The number of hydrogen-bond acceptors (Lipinski definition) is 3. The molecule has 0 spiro atoms. The van der Waals surface area contributed by atoms with Gasteiger partial charge in [-0.25, -0.2) is 0 Å². The summed E-state index contributed by atoms with van der Waals surface area (Å²) in [7, 11) is -9.88. The average molecular weight is 261 g/mol. The lowest BCUT2D eigenvalue weighted by molar-refractivity contribution is 0.291. The van der Waals surface area contributed by atoms with Crippen LogP contribution in [-0.4, -0.2) is 31.1 Å². The van der Waals surface area contributed by atoms with E-state index >= 15 is 0 Å². The van der Waals surface area contributed by atoms with Gasteiger partial charge in [-0.1, -0.05) is 13.8 Å². The van der Waals surface area contributed by atoms with Crippen LogP contribution >= 0.6 is 15.2 Å². The normalized spacial score (nSPS) is 14.7. The molecule has 0 aromatic heterocycles. The van der Waals surface area contributed by atoms with Crippen LogP contribution in [0.2, 0.25) is 0 Å². The molecule has 5 N–H and O–H groups in total. The molecule has 0 saturated carbocycles. The summed E-state index contributed by atoms with van der Waals surface area (Å²) < 4.78 is 22.1. The molecule has 0 saturated heterocycles. The Morgan fingerprint density at radius 1 is 1.13 bits per heavy atom. The third kappa shape index (κ3) is 3.64. The maximum absolute atomic E-state index is 11.1. The standard InChI is InChI=1S/C6H17NO6P2/c1-5(2)4-7-6(3,14(8,9)10)15(11,12)13/h5,7H,4H2,1-3H3,(H2,8,9,10)(H2,11,12,13). The van der Waals surface area contributed by atoms with Gasteiger partial charge in [-0.05, 0) is 19.4 Å². The molecule has 0 unspecified atom stereocenters. The zero-order valence-corrected chi connectivity index (χ0v) is 10.6. The zero-order valence-electron chi connectivity index (χ0n) is 8.78. The topological polar surface area (TPSA) is 127 Å². The van der Waals surface area contributed by atoms with E-state index in [2.05, 4.69) is 5.32 Å². The Kier molecular flexibility index (Phi) is 4.71.